The lowest BCUT2D eigenvalue weighted by Crippen LogP contribution is -2.46. The van der Waals surface area contributed by atoms with Gasteiger partial charge in [0.15, 0.2) is 0 Å². The number of hydrogen-bond acceptors (Lipinski definition) is 5. The van der Waals surface area contributed by atoms with Gasteiger partial charge in [0, 0.05) is 38.5 Å². The molecule has 0 spiro atoms. The molecule has 0 aliphatic carbocycles. The summed E-state index contributed by atoms with van der Waals surface area (Å²) in [6, 6.07) is 0.471. The van der Waals surface area contributed by atoms with Crippen molar-refractivity contribution in [2.75, 3.05) is 33.4 Å². The van der Waals surface area contributed by atoms with Crippen LogP contribution in [-0.4, -0.2) is 61.9 Å². The van der Waals surface area contributed by atoms with Gasteiger partial charge in [-0.1, -0.05) is 0 Å². The first-order chi connectivity index (χ1) is 10.6. The normalized spacial score (nSPS) is 24.3. The Balaban J connectivity index is 0.00000192. The highest BCUT2D eigenvalue weighted by atomic mass is 35.5. The van der Waals surface area contributed by atoms with E-state index in [1.54, 1.807) is 15.2 Å². The molecule has 132 valence electrons. The van der Waals surface area contributed by atoms with Crippen molar-refractivity contribution in [2.45, 2.75) is 42.7 Å². The summed E-state index contributed by atoms with van der Waals surface area (Å²) >= 11 is 0. The predicted molar refractivity (Wildman–Crippen MR) is 89.4 cm³/mol. The van der Waals surface area contributed by atoms with Gasteiger partial charge in [0.05, 0.1) is 12.2 Å². The SMILES string of the molecule is CNC1CCCN(S(=O)(=O)c2cnn(C3CCOCC3)c2)C1.Cl. The molecule has 0 saturated carbocycles. The third kappa shape index (κ3) is 4.06. The summed E-state index contributed by atoms with van der Waals surface area (Å²) in [5, 5.41) is 7.45. The maximum absolute atomic E-state index is 12.8. The Kier molecular flexibility index (Phi) is 6.44. The molecule has 2 aliphatic rings. The molecule has 0 aromatic carbocycles. The number of ether oxygens (including phenoxy) is 1. The van der Waals surface area contributed by atoms with Crippen molar-refractivity contribution in [1.29, 1.82) is 0 Å². The van der Waals surface area contributed by atoms with Crippen molar-refractivity contribution in [3.8, 4) is 0 Å². The first-order valence-electron chi connectivity index (χ1n) is 7.90. The van der Waals surface area contributed by atoms with Gasteiger partial charge in [-0.05, 0) is 32.7 Å². The maximum Gasteiger partial charge on any atom is 0.246 e. The molecule has 7 nitrogen and oxygen atoms in total. The van der Waals surface area contributed by atoms with Crippen LogP contribution in [0.15, 0.2) is 17.3 Å². The van der Waals surface area contributed by atoms with Crippen LogP contribution >= 0.6 is 12.4 Å². The number of rotatable bonds is 4. The Morgan fingerprint density at radius 3 is 2.74 bits per heavy atom. The number of sulfonamides is 1. The van der Waals surface area contributed by atoms with E-state index in [1.165, 1.54) is 6.20 Å². The first-order valence-corrected chi connectivity index (χ1v) is 9.34. The summed E-state index contributed by atoms with van der Waals surface area (Å²) < 4.78 is 34.2. The molecule has 0 radical (unpaired) electrons. The van der Waals surface area contributed by atoms with E-state index in [0.717, 1.165) is 25.7 Å². The molecule has 0 bridgehead atoms. The lowest BCUT2D eigenvalue weighted by Gasteiger charge is -2.31. The molecule has 3 rings (SSSR count). The van der Waals surface area contributed by atoms with Crippen LogP contribution in [-0.2, 0) is 14.8 Å². The van der Waals surface area contributed by atoms with Crippen molar-refractivity contribution in [3.05, 3.63) is 12.4 Å². The van der Waals surface area contributed by atoms with Crippen molar-refractivity contribution in [2.24, 2.45) is 0 Å². The highest BCUT2D eigenvalue weighted by Crippen LogP contribution is 2.24. The fraction of sp³-hybridized carbons (Fsp3) is 0.786. The van der Waals surface area contributed by atoms with E-state index in [4.69, 9.17) is 4.74 Å². The Labute approximate surface area is 143 Å². The maximum atomic E-state index is 12.8. The highest BCUT2D eigenvalue weighted by molar-refractivity contribution is 7.89. The van der Waals surface area contributed by atoms with Crippen molar-refractivity contribution >= 4 is 22.4 Å². The molecule has 1 unspecified atom stereocenters. The van der Waals surface area contributed by atoms with Crippen LogP contribution in [0.4, 0.5) is 0 Å². The minimum atomic E-state index is -3.44. The summed E-state index contributed by atoms with van der Waals surface area (Å²) in [4.78, 5) is 0.302. The summed E-state index contributed by atoms with van der Waals surface area (Å²) in [6.07, 6.45) is 6.82. The number of aromatic nitrogens is 2. The van der Waals surface area contributed by atoms with Gasteiger partial charge < -0.3 is 10.1 Å². The largest absolute Gasteiger partial charge is 0.381 e. The number of nitrogens with zero attached hydrogens (tertiary/aromatic N) is 3. The second-order valence-corrected chi connectivity index (χ2v) is 7.93. The van der Waals surface area contributed by atoms with E-state index in [2.05, 4.69) is 10.4 Å². The monoisotopic (exact) mass is 364 g/mol. The van der Waals surface area contributed by atoms with Gasteiger partial charge in [0.1, 0.15) is 4.90 Å². The van der Waals surface area contributed by atoms with Gasteiger partial charge in [0.25, 0.3) is 0 Å². The van der Waals surface area contributed by atoms with Crippen molar-refractivity contribution in [1.82, 2.24) is 19.4 Å². The van der Waals surface area contributed by atoms with Crippen LogP contribution in [0, 0.1) is 0 Å². The summed E-state index contributed by atoms with van der Waals surface area (Å²) in [5.74, 6) is 0. The molecular formula is C14H25ClN4O3S. The van der Waals surface area contributed by atoms with Gasteiger partial charge in [0.2, 0.25) is 10.0 Å². The standard InChI is InChI=1S/C14H24N4O3S.ClH/c1-15-12-3-2-6-17(10-12)22(19,20)14-9-16-18(11-14)13-4-7-21-8-5-13;/h9,11-13,15H,2-8,10H2,1H3;1H. The van der Waals surface area contributed by atoms with Crippen LogP contribution in [0.1, 0.15) is 31.7 Å². The third-order valence-electron chi connectivity index (χ3n) is 4.57. The van der Waals surface area contributed by atoms with E-state index in [0.29, 0.717) is 31.2 Å². The lowest BCUT2D eigenvalue weighted by molar-refractivity contribution is 0.0662. The van der Waals surface area contributed by atoms with Crippen LogP contribution < -0.4 is 5.32 Å². The summed E-state index contributed by atoms with van der Waals surface area (Å²) in [5.41, 5.74) is 0. The smallest absolute Gasteiger partial charge is 0.246 e. The Hall–Kier alpha value is -0.670. The van der Waals surface area contributed by atoms with Gasteiger partial charge >= 0.3 is 0 Å². The minimum absolute atomic E-state index is 0. The summed E-state index contributed by atoms with van der Waals surface area (Å²) in [6.45, 7) is 2.54. The minimum Gasteiger partial charge on any atom is -0.381 e. The third-order valence-corrected chi connectivity index (χ3v) is 6.39. The molecular weight excluding hydrogens is 340 g/mol. The van der Waals surface area contributed by atoms with Gasteiger partial charge in [-0.15, -0.1) is 12.4 Å². The second-order valence-electron chi connectivity index (χ2n) is 5.99. The van der Waals surface area contributed by atoms with E-state index in [-0.39, 0.29) is 24.5 Å². The average molecular weight is 365 g/mol. The highest BCUT2D eigenvalue weighted by Gasteiger charge is 2.31. The zero-order chi connectivity index (χ0) is 15.6. The fourth-order valence-corrected chi connectivity index (χ4v) is 4.61. The Morgan fingerprint density at radius 2 is 2.04 bits per heavy atom. The van der Waals surface area contributed by atoms with E-state index in [1.807, 2.05) is 7.05 Å². The zero-order valence-corrected chi connectivity index (χ0v) is 15.0. The predicted octanol–water partition coefficient (Wildman–Crippen LogP) is 1.03. The number of likely N-dealkylation sites (N-methyl/N-ethyl adjacent to an activating group) is 1. The Morgan fingerprint density at radius 1 is 1.30 bits per heavy atom. The number of halogens is 1. The molecule has 0 amide bonds. The van der Waals surface area contributed by atoms with Crippen molar-refractivity contribution < 1.29 is 13.2 Å². The molecule has 1 N–H and O–H groups in total. The van der Waals surface area contributed by atoms with E-state index < -0.39 is 10.0 Å². The average Bonchev–Trinajstić information content (AvgIpc) is 3.06. The second kappa shape index (κ2) is 7.94. The fourth-order valence-electron chi connectivity index (χ4n) is 3.15. The molecule has 2 aliphatic heterocycles. The molecule has 3 heterocycles. The van der Waals surface area contributed by atoms with Crippen LogP contribution in [0.5, 0.6) is 0 Å². The molecule has 9 heteroatoms. The number of nitrogens with one attached hydrogen (secondary N) is 1. The Bertz CT molecular complexity index is 601. The zero-order valence-electron chi connectivity index (χ0n) is 13.3. The van der Waals surface area contributed by atoms with Gasteiger partial charge in [-0.3, -0.25) is 4.68 Å². The lowest BCUT2D eigenvalue weighted by atomic mass is 10.1. The number of hydrogen-bond donors (Lipinski definition) is 1. The van der Waals surface area contributed by atoms with Gasteiger partial charge in [-0.2, -0.15) is 9.40 Å². The topological polar surface area (TPSA) is 76.5 Å². The van der Waals surface area contributed by atoms with E-state index >= 15 is 0 Å². The van der Waals surface area contributed by atoms with E-state index in [9.17, 15) is 8.42 Å². The quantitative estimate of drug-likeness (QED) is 0.863. The molecule has 1 atom stereocenters. The first kappa shape index (κ1) is 18.7. The van der Waals surface area contributed by atoms with Gasteiger partial charge in [-0.25, -0.2) is 8.42 Å². The molecule has 1 aromatic rings. The molecule has 23 heavy (non-hydrogen) atoms. The molecule has 2 saturated heterocycles. The molecule has 2 fully saturated rings. The van der Waals surface area contributed by atoms with Crippen LogP contribution in [0.2, 0.25) is 0 Å². The number of piperidine rings is 1. The van der Waals surface area contributed by atoms with Crippen molar-refractivity contribution in [3.63, 3.8) is 0 Å². The van der Waals surface area contributed by atoms with Crippen LogP contribution in [0.3, 0.4) is 0 Å². The van der Waals surface area contributed by atoms with Crippen LogP contribution in [0.25, 0.3) is 0 Å². The summed E-state index contributed by atoms with van der Waals surface area (Å²) in [7, 11) is -1.57. The molecule has 1 aromatic heterocycles.